The lowest BCUT2D eigenvalue weighted by Gasteiger charge is -2.38. The van der Waals surface area contributed by atoms with Gasteiger partial charge in [0.2, 0.25) is 5.91 Å². The molecule has 2 aromatic carbocycles. The summed E-state index contributed by atoms with van der Waals surface area (Å²) < 4.78 is 8.58. The number of pyridine rings is 1. The number of nitrogen functional groups attached to an aromatic ring is 1. The standard InChI is InChI=1S/C45H52N10O5/c1-28-21-31(9-12-34(28)40-27-53(19-20-60-40)38-23-37(49-50-42(38)46)35-5-3-4-6-39(35)56)44(58)52-17-15-51(16-18-52)26-30-7-10-32(11-8-30)55-25-29(2)36-22-33(24-47-43(36)55)54-14-13-41(57)48-45(54)59/h3-6,9,12,21-25,30,32,40,56H,7-8,10-11,13-20,26-27H2,1-2H3,(H2,46,50)(H,48,57,59)/t30?,32?,40-/m1/s1. The van der Waals surface area contributed by atoms with Gasteiger partial charge in [0.1, 0.15) is 17.5 Å². The number of piperazine rings is 1. The van der Waals surface area contributed by atoms with E-state index in [1.54, 1.807) is 29.3 Å². The number of carbonyl (C=O) groups excluding carboxylic acids is 3. The lowest BCUT2D eigenvalue weighted by molar-refractivity contribution is -0.120. The number of phenols is 1. The molecule has 60 heavy (non-hydrogen) atoms. The van der Waals surface area contributed by atoms with E-state index in [-0.39, 0.29) is 30.1 Å². The number of aryl methyl sites for hydroxylation is 2. The molecule has 4 amide bonds. The van der Waals surface area contributed by atoms with Crippen LogP contribution in [-0.2, 0) is 9.53 Å². The Bertz CT molecular complexity index is 2440. The molecule has 1 atom stereocenters. The molecule has 5 aromatic rings. The zero-order chi connectivity index (χ0) is 41.5. The van der Waals surface area contributed by atoms with Crippen LogP contribution in [0.1, 0.15) is 71.3 Å². The van der Waals surface area contributed by atoms with Crippen LogP contribution in [-0.4, -0.2) is 111 Å². The Morgan fingerprint density at radius 1 is 0.933 bits per heavy atom. The highest BCUT2D eigenvalue weighted by molar-refractivity contribution is 6.06. The average Bonchev–Trinajstić information content (AvgIpc) is 3.59. The van der Waals surface area contributed by atoms with E-state index in [0.717, 1.165) is 78.7 Å². The topological polar surface area (TPSA) is 175 Å². The van der Waals surface area contributed by atoms with Gasteiger partial charge in [-0.2, -0.15) is 0 Å². The number of urea groups is 1. The van der Waals surface area contributed by atoms with Crippen LogP contribution in [0.15, 0.2) is 67.0 Å². The highest BCUT2D eigenvalue weighted by Crippen LogP contribution is 2.38. The highest BCUT2D eigenvalue weighted by Gasteiger charge is 2.31. The normalized spacial score (nSPS) is 21.7. The molecule has 3 aromatic heterocycles. The number of hydrogen-bond donors (Lipinski definition) is 3. The number of benzene rings is 2. The fraction of sp³-hybridized carbons (Fsp3) is 0.422. The van der Waals surface area contributed by atoms with Gasteiger partial charge in [-0.25, -0.2) is 9.78 Å². The number of aromatic nitrogens is 4. The number of carbonyl (C=O) groups is 3. The largest absolute Gasteiger partial charge is 0.507 e. The van der Waals surface area contributed by atoms with Crippen molar-refractivity contribution < 1.29 is 24.2 Å². The van der Waals surface area contributed by atoms with E-state index in [1.807, 2.05) is 48.2 Å². The van der Waals surface area contributed by atoms with E-state index >= 15 is 0 Å². The van der Waals surface area contributed by atoms with Crippen molar-refractivity contribution in [3.05, 3.63) is 89.2 Å². The number of aromatic hydroxyl groups is 1. The number of fused-ring (bicyclic) bond motifs is 1. The Labute approximate surface area is 349 Å². The second-order valence-corrected chi connectivity index (χ2v) is 16.7. The SMILES string of the molecule is Cc1cc(C(=O)N2CCN(CC3CCC(n4cc(C)c5cc(N6CCC(=O)NC6=O)cnc54)CC3)CC2)ccc1[C@H]1CN(c2cc(-c3ccccc3O)nnc2N)CCO1. The van der Waals surface area contributed by atoms with Gasteiger partial charge in [-0.1, -0.05) is 18.2 Å². The molecule has 0 unspecified atom stereocenters. The Morgan fingerprint density at radius 3 is 2.50 bits per heavy atom. The predicted molar refractivity (Wildman–Crippen MR) is 229 cm³/mol. The van der Waals surface area contributed by atoms with Gasteiger partial charge in [0.25, 0.3) is 5.91 Å². The molecule has 4 fully saturated rings. The minimum absolute atomic E-state index is 0.0626. The Hall–Kier alpha value is -6.06. The molecule has 1 aliphatic carbocycles. The van der Waals surface area contributed by atoms with Gasteiger partial charge in [0.05, 0.1) is 29.9 Å². The highest BCUT2D eigenvalue weighted by atomic mass is 16.5. The van der Waals surface area contributed by atoms with Crippen LogP contribution in [0.25, 0.3) is 22.3 Å². The van der Waals surface area contributed by atoms with Crippen LogP contribution in [0.2, 0.25) is 0 Å². The van der Waals surface area contributed by atoms with E-state index in [2.05, 4.69) is 43.0 Å². The molecular formula is C45H52N10O5. The Balaban J connectivity index is 0.767. The second kappa shape index (κ2) is 16.5. The second-order valence-electron chi connectivity index (χ2n) is 16.7. The van der Waals surface area contributed by atoms with Crippen LogP contribution >= 0.6 is 0 Å². The van der Waals surface area contributed by atoms with Crippen molar-refractivity contribution in [2.75, 3.05) is 74.5 Å². The maximum absolute atomic E-state index is 13.8. The van der Waals surface area contributed by atoms with Gasteiger partial charge >= 0.3 is 6.03 Å². The fourth-order valence-corrected chi connectivity index (χ4v) is 9.50. The van der Waals surface area contributed by atoms with Gasteiger partial charge in [-0.3, -0.25) is 24.7 Å². The van der Waals surface area contributed by atoms with Gasteiger partial charge in [-0.05, 0) is 98.5 Å². The first-order valence-electron chi connectivity index (χ1n) is 21.1. The smallest absolute Gasteiger partial charge is 0.328 e. The average molecular weight is 813 g/mol. The molecule has 0 bridgehead atoms. The summed E-state index contributed by atoms with van der Waals surface area (Å²) in [4.78, 5) is 50.9. The van der Waals surface area contributed by atoms with Crippen LogP contribution in [0.5, 0.6) is 5.75 Å². The summed E-state index contributed by atoms with van der Waals surface area (Å²) in [5, 5.41) is 22.3. The maximum Gasteiger partial charge on any atom is 0.328 e. The summed E-state index contributed by atoms with van der Waals surface area (Å²) in [6, 6.07) is 16.8. The molecule has 0 spiro atoms. The van der Waals surface area contributed by atoms with E-state index in [1.165, 1.54) is 0 Å². The van der Waals surface area contributed by atoms with Gasteiger partial charge in [-0.15, -0.1) is 10.2 Å². The van der Waals surface area contributed by atoms with Gasteiger partial charge in [0, 0.05) is 87.5 Å². The summed E-state index contributed by atoms with van der Waals surface area (Å²) in [6.45, 7) is 10.4. The van der Waals surface area contributed by atoms with E-state index in [0.29, 0.717) is 79.6 Å². The number of rotatable bonds is 8. The van der Waals surface area contributed by atoms with Crippen molar-refractivity contribution in [3.8, 4) is 17.0 Å². The number of para-hydroxylation sites is 1. The molecule has 1 saturated carbocycles. The summed E-state index contributed by atoms with van der Waals surface area (Å²) in [5.74, 6) is 0.882. The van der Waals surface area contributed by atoms with Crippen LogP contribution in [0, 0.1) is 19.8 Å². The van der Waals surface area contributed by atoms with Crippen molar-refractivity contribution in [2.45, 2.75) is 58.1 Å². The minimum Gasteiger partial charge on any atom is -0.507 e. The van der Waals surface area contributed by atoms with E-state index < -0.39 is 6.03 Å². The number of nitrogens with two attached hydrogens (primary N) is 1. The zero-order valence-corrected chi connectivity index (χ0v) is 34.2. The molecule has 3 saturated heterocycles. The van der Waals surface area contributed by atoms with Gasteiger partial charge in [0.15, 0.2) is 5.82 Å². The minimum atomic E-state index is -0.398. The van der Waals surface area contributed by atoms with Gasteiger partial charge < -0.3 is 29.9 Å². The summed E-state index contributed by atoms with van der Waals surface area (Å²) in [5.41, 5.74) is 13.7. The molecule has 312 valence electrons. The number of phenolic OH excluding ortho intramolecular Hbond substituents is 1. The monoisotopic (exact) mass is 812 g/mol. The quantitative estimate of drug-likeness (QED) is 0.178. The fourth-order valence-electron chi connectivity index (χ4n) is 9.50. The van der Waals surface area contributed by atoms with Crippen molar-refractivity contribution in [1.29, 1.82) is 0 Å². The van der Waals surface area contributed by atoms with Crippen LogP contribution in [0.4, 0.5) is 22.0 Å². The summed E-state index contributed by atoms with van der Waals surface area (Å²) in [7, 11) is 0. The third-order valence-corrected chi connectivity index (χ3v) is 12.9. The molecule has 15 nitrogen and oxygen atoms in total. The molecule has 15 heteroatoms. The Kier molecular flexibility index (Phi) is 10.9. The van der Waals surface area contributed by atoms with E-state index in [9.17, 15) is 19.5 Å². The van der Waals surface area contributed by atoms with Crippen LogP contribution < -0.4 is 20.9 Å². The summed E-state index contributed by atoms with van der Waals surface area (Å²) in [6.07, 6.45) is 8.46. The van der Waals surface area contributed by atoms with Crippen molar-refractivity contribution in [3.63, 3.8) is 0 Å². The number of nitrogens with zero attached hydrogens (tertiary/aromatic N) is 8. The van der Waals surface area contributed by atoms with Crippen molar-refractivity contribution in [2.24, 2.45) is 5.92 Å². The first-order valence-corrected chi connectivity index (χ1v) is 21.1. The number of ether oxygens (including phenoxy) is 1. The molecular weight excluding hydrogens is 761 g/mol. The zero-order valence-electron chi connectivity index (χ0n) is 34.2. The number of nitrogens with one attached hydrogen (secondary N) is 1. The molecule has 3 aliphatic heterocycles. The number of anilines is 3. The number of amides is 4. The summed E-state index contributed by atoms with van der Waals surface area (Å²) >= 11 is 0. The maximum atomic E-state index is 13.8. The van der Waals surface area contributed by atoms with E-state index in [4.69, 9.17) is 15.5 Å². The van der Waals surface area contributed by atoms with Crippen molar-refractivity contribution in [1.82, 2.24) is 34.9 Å². The lowest BCUT2D eigenvalue weighted by atomic mass is 9.85. The number of morpholine rings is 1. The molecule has 0 radical (unpaired) electrons. The molecule has 4 aliphatic rings. The van der Waals surface area contributed by atoms with Crippen molar-refractivity contribution >= 4 is 46.1 Å². The molecule has 9 rings (SSSR count). The first kappa shape index (κ1) is 39.4. The third-order valence-electron chi connectivity index (χ3n) is 12.9. The Morgan fingerprint density at radius 2 is 1.73 bits per heavy atom. The van der Waals surface area contributed by atoms with Crippen LogP contribution in [0.3, 0.4) is 0 Å². The third kappa shape index (κ3) is 7.86. The molecule has 6 heterocycles. The lowest BCUT2D eigenvalue weighted by Crippen LogP contribution is -2.50. The number of hydrogen-bond acceptors (Lipinski definition) is 11. The predicted octanol–water partition coefficient (Wildman–Crippen LogP) is 5.61. The number of imide groups is 1. The first-order chi connectivity index (χ1) is 29.1. The molecule has 4 N–H and O–H groups in total.